The van der Waals surface area contributed by atoms with Crippen LogP contribution in [0.25, 0.3) is 10.9 Å². The highest BCUT2D eigenvalue weighted by Gasteiger charge is 2.09. The molecular formula is C9H6ClN2O3S-. The molecule has 0 bridgehead atoms. The number of rotatable bonds is 2. The SMILES string of the molecule is COc1cc2ncnc(Cl)c2cc1S(=O)[O-]. The van der Waals surface area contributed by atoms with Gasteiger partial charge in [-0.3, -0.25) is 4.21 Å². The van der Waals surface area contributed by atoms with Crippen LogP contribution in [0.3, 0.4) is 0 Å². The molecule has 0 aliphatic carbocycles. The summed E-state index contributed by atoms with van der Waals surface area (Å²) in [5, 5.41) is 0.684. The fraction of sp³-hybridized carbons (Fsp3) is 0.111. The number of benzene rings is 1. The summed E-state index contributed by atoms with van der Waals surface area (Å²) in [4.78, 5) is 7.78. The molecule has 2 rings (SSSR count). The van der Waals surface area contributed by atoms with E-state index in [4.69, 9.17) is 16.3 Å². The monoisotopic (exact) mass is 257 g/mol. The Balaban J connectivity index is 2.81. The van der Waals surface area contributed by atoms with E-state index in [2.05, 4.69) is 9.97 Å². The molecule has 0 N–H and O–H groups in total. The normalized spacial score (nSPS) is 12.7. The van der Waals surface area contributed by atoms with E-state index in [1.807, 2.05) is 0 Å². The summed E-state index contributed by atoms with van der Waals surface area (Å²) in [5.41, 5.74) is 0.533. The van der Waals surface area contributed by atoms with Crippen molar-refractivity contribution in [2.75, 3.05) is 7.11 Å². The smallest absolute Gasteiger partial charge is 0.140 e. The molecule has 1 unspecified atom stereocenters. The molecular weight excluding hydrogens is 252 g/mol. The van der Waals surface area contributed by atoms with Gasteiger partial charge in [0.1, 0.15) is 17.2 Å². The summed E-state index contributed by atoms with van der Waals surface area (Å²) in [6, 6.07) is 2.90. The van der Waals surface area contributed by atoms with Crippen molar-refractivity contribution in [3.63, 3.8) is 0 Å². The summed E-state index contributed by atoms with van der Waals surface area (Å²) in [6.07, 6.45) is 1.30. The van der Waals surface area contributed by atoms with Crippen molar-refractivity contribution in [2.24, 2.45) is 0 Å². The molecule has 0 spiro atoms. The Kier molecular flexibility index (Phi) is 3.04. The second-order valence-electron chi connectivity index (χ2n) is 2.92. The quantitative estimate of drug-likeness (QED) is 0.602. The van der Waals surface area contributed by atoms with Crippen LogP contribution in [0.2, 0.25) is 5.15 Å². The standard InChI is InChI=1S/C9H7ClN2O3S/c1-15-7-3-6-5(2-8(7)16(13)14)9(10)12-4-11-6/h2-4H,1H3,(H,13,14)/p-1. The van der Waals surface area contributed by atoms with Gasteiger partial charge in [0.15, 0.2) is 0 Å². The Bertz CT molecular complexity index is 576. The third kappa shape index (κ3) is 1.87. The molecule has 0 saturated heterocycles. The minimum Gasteiger partial charge on any atom is -0.768 e. The van der Waals surface area contributed by atoms with Gasteiger partial charge >= 0.3 is 0 Å². The first kappa shape index (κ1) is 11.3. The topological polar surface area (TPSA) is 75.1 Å². The molecule has 5 nitrogen and oxygen atoms in total. The van der Waals surface area contributed by atoms with Crippen LogP contribution >= 0.6 is 11.6 Å². The van der Waals surface area contributed by atoms with E-state index in [1.54, 1.807) is 0 Å². The van der Waals surface area contributed by atoms with Crippen LogP contribution in [0, 0.1) is 0 Å². The van der Waals surface area contributed by atoms with Crippen LogP contribution in [0.15, 0.2) is 23.4 Å². The van der Waals surface area contributed by atoms with Crippen LogP contribution in [0.4, 0.5) is 0 Å². The van der Waals surface area contributed by atoms with Gasteiger partial charge in [0.25, 0.3) is 0 Å². The number of nitrogens with zero attached hydrogens (tertiary/aromatic N) is 2. The van der Waals surface area contributed by atoms with Crippen molar-refractivity contribution >= 4 is 33.6 Å². The lowest BCUT2D eigenvalue weighted by Gasteiger charge is -2.12. The number of ether oxygens (including phenoxy) is 1. The van der Waals surface area contributed by atoms with Crippen molar-refractivity contribution in [3.8, 4) is 5.75 Å². The fourth-order valence-corrected chi connectivity index (χ4v) is 2.04. The Morgan fingerprint density at radius 1 is 1.44 bits per heavy atom. The molecule has 7 heteroatoms. The molecule has 0 aliphatic heterocycles. The maximum Gasteiger partial charge on any atom is 0.140 e. The molecule has 16 heavy (non-hydrogen) atoms. The number of hydrogen-bond acceptors (Lipinski definition) is 5. The zero-order valence-corrected chi connectivity index (χ0v) is 9.71. The Morgan fingerprint density at radius 3 is 2.81 bits per heavy atom. The third-order valence-electron chi connectivity index (χ3n) is 2.05. The predicted octanol–water partition coefficient (Wildman–Crippen LogP) is 1.53. The molecule has 84 valence electrons. The molecule has 1 heterocycles. The van der Waals surface area contributed by atoms with Crippen molar-refractivity contribution in [1.82, 2.24) is 9.97 Å². The van der Waals surface area contributed by atoms with Gasteiger partial charge in [0, 0.05) is 11.5 Å². The van der Waals surface area contributed by atoms with Gasteiger partial charge in [0.05, 0.1) is 17.5 Å². The summed E-state index contributed by atoms with van der Waals surface area (Å²) in [6.45, 7) is 0. The van der Waals surface area contributed by atoms with Gasteiger partial charge < -0.3 is 9.29 Å². The van der Waals surface area contributed by atoms with E-state index in [0.717, 1.165) is 0 Å². The predicted molar refractivity (Wildman–Crippen MR) is 58.3 cm³/mol. The molecule has 2 aromatic rings. The first-order chi connectivity index (χ1) is 7.63. The lowest BCUT2D eigenvalue weighted by molar-refractivity contribution is 0.402. The third-order valence-corrected chi connectivity index (χ3v) is 3.03. The molecule has 0 aliphatic rings. The minimum absolute atomic E-state index is 0.0340. The molecule has 1 aromatic carbocycles. The molecule has 1 atom stereocenters. The number of aromatic nitrogens is 2. The summed E-state index contributed by atoms with van der Waals surface area (Å²) in [7, 11) is 1.39. The first-order valence-corrected chi connectivity index (χ1v) is 5.66. The van der Waals surface area contributed by atoms with Crippen molar-refractivity contribution in [1.29, 1.82) is 0 Å². The molecule has 0 amide bonds. The molecule has 0 radical (unpaired) electrons. The average Bonchev–Trinajstić information content (AvgIpc) is 2.27. The van der Waals surface area contributed by atoms with E-state index in [9.17, 15) is 8.76 Å². The maximum absolute atomic E-state index is 11.0. The van der Waals surface area contributed by atoms with Gasteiger partial charge in [0.2, 0.25) is 0 Å². The highest BCUT2D eigenvalue weighted by Crippen LogP contribution is 2.29. The van der Waals surface area contributed by atoms with E-state index < -0.39 is 11.1 Å². The van der Waals surface area contributed by atoms with Gasteiger partial charge in [-0.2, -0.15) is 0 Å². The zero-order chi connectivity index (χ0) is 11.7. The van der Waals surface area contributed by atoms with Gasteiger partial charge in [-0.05, 0) is 17.1 Å². The molecule has 0 saturated carbocycles. The van der Waals surface area contributed by atoms with Gasteiger partial charge in [-0.15, -0.1) is 0 Å². The lowest BCUT2D eigenvalue weighted by Crippen LogP contribution is -1.96. The Labute approximate surface area is 98.7 Å². The van der Waals surface area contributed by atoms with Crippen LogP contribution < -0.4 is 4.74 Å². The maximum atomic E-state index is 11.0. The van der Waals surface area contributed by atoms with Crippen molar-refractivity contribution < 1.29 is 13.5 Å². The van der Waals surface area contributed by atoms with Crippen LogP contribution in [0.1, 0.15) is 0 Å². The van der Waals surface area contributed by atoms with E-state index in [-0.39, 0.29) is 15.8 Å². The summed E-state index contributed by atoms with van der Waals surface area (Å²) >= 11 is 3.44. The fourth-order valence-electron chi connectivity index (χ4n) is 1.32. The average molecular weight is 258 g/mol. The number of hydrogen-bond donors (Lipinski definition) is 0. The molecule has 1 aromatic heterocycles. The van der Waals surface area contributed by atoms with Crippen molar-refractivity contribution in [2.45, 2.75) is 4.90 Å². The Morgan fingerprint density at radius 2 is 2.19 bits per heavy atom. The van der Waals surface area contributed by atoms with Crippen LogP contribution in [0.5, 0.6) is 5.75 Å². The van der Waals surface area contributed by atoms with Crippen molar-refractivity contribution in [3.05, 3.63) is 23.6 Å². The van der Waals surface area contributed by atoms with E-state index >= 15 is 0 Å². The largest absolute Gasteiger partial charge is 0.768 e. The highest BCUT2D eigenvalue weighted by molar-refractivity contribution is 7.79. The number of halogens is 1. The van der Waals surface area contributed by atoms with Gasteiger partial charge in [-0.25, -0.2) is 9.97 Å². The molecule has 0 fully saturated rings. The minimum atomic E-state index is -2.39. The van der Waals surface area contributed by atoms with Crippen LogP contribution in [-0.4, -0.2) is 25.8 Å². The van der Waals surface area contributed by atoms with E-state index in [0.29, 0.717) is 10.9 Å². The lowest BCUT2D eigenvalue weighted by atomic mass is 10.2. The highest BCUT2D eigenvalue weighted by atomic mass is 35.5. The second-order valence-corrected chi connectivity index (χ2v) is 4.19. The summed E-state index contributed by atoms with van der Waals surface area (Å²) < 4.78 is 26.9. The summed E-state index contributed by atoms with van der Waals surface area (Å²) in [5.74, 6) is 0.232. The number of fused-ring (bicyclic) bond motifs is 1. The van der Waals surface area contributed by atoms with E-state index in [1.165, 1.54) is 25.6 Å². The first-order valence-electron chi connectivity index (χ1n) is 4.21. The number of methoxy groups -OCH3 is 1. The van der Waals surface area contributed by atoms with Crippen LogP contribution in [-0.2, 0) is 11.1 Å². The van der Waals surface area contributed by atoms with Gasteiger partial charge in [-0.1, -0.05) is 11.6 Å². The Hall–Kier alpha value is -1.24. The zero-order valence-electron chi connectivity index (χ0n) is 8.14. The second kappa shape index (κ2) is 4.32.